The van der Waals surface area contributed by atoms with E-state index >= 15 is 0 Å². The Hall–Kier alpha value is -2.01. The van der Waals surface area contributed by atoms with Crippen molar-refractivity contribution in [1.29, 1.82) is 0 Å². The molecule has 1 aliphatic carbocycles. The molecule has 0 bridgehead atoms. The minimum absolute atomic E-state index is 0.0231. The summed E-state index contributed by atoms with van der Waals surface area (Å²) < 4.78 is 6.29. The highest BCUT2D eigenvalue weighted by Gasteiger charge is 2.47. The molecule has 5 nitrogen and oxygen atoms in total. The van der Waals surface area contributed by atoms with Crippen molar-refractivity contribution in [2.45, 2.75) is 64.4 Å². The Bertz CT molecular complexity index is 743. The molecule has 2 atom stereocenters. The smallest absolute Gasteiger partial charge is 0.270 e. The Morgan fingerprint density at radius 1 is 1.32 bits per heavy atom. The number of hydroxylamine groups is 1. The summed E-state index contributed by atoms with van der Waals surface area (Å²) in [4.78, 5) is 11.9. The monoisotopic (exact) mass is 345 g/mol. The predicted molar refractivity (Wildman–Crippen MR) is 95.0 cm³/mol. The van der Waals surface area contributed by atoms with Gasteiger partial charge in [-0.25, -0.2) is 5.48 Å². The SMILES string of the molecule is CC(C)(C)c1cc(O)c2c(c1)OC(C)(C)[C@@H]1CC=C(C(=O)NO)C[C@@H]21. The van der Waals surface area contributed by atoms with Gasteiger partial charge >= 0.3 is 0 Å². The molecule has 1 aromatic rings. The maximum atomic E-state index is 11.9. The van der Waals surface area contributed by atoms with Crippen LogP contribution in [0.25, 0.3) is 0 Å². The predicted octanol–water partition coefficient (Wildman–Crippen LogP) is 3.79. The maximum absolute atomic E-state index is 11.9. The van der Waals surface area contributed by atoms with E-state index < -0.39 is 11.5 Å². The number of fused-ring (bicyclic) bond motifs is 3. The van der Waals surface area contributed by atoms with Gasteiger partial charge in [-0.05, 0) is 49.8 Å². The molecule has 136 valence electrons. The van der Waals surface area contributed by atoms with Crippen LogP contribution in [0.5, 0.6) is 11.5 Å². The lowest BCUT2D eigenvalue weighted by molar-refractivity contribution is -0.125. The van der Waals surface area contributed by atoms with E-state index in [2.05, 4.69) is 34.6 Å². The maximum Gasteiger partial charge on any atom is 0.270 e. The molecule has 1 aromatic carbocycles. The summed E-state index contributed by atoms with van der Waals surface area (Å²) in [5.41, 5.74) is 3.54. The van der Waals surface area contributed by atoms with E-state index in [1.54, 1.807) is 5.48 Å². The fourth-order valence-electron chi connectivity index (χ4n) is 4.09. The normalized spacial score (nSPS) is 24.5. The van der Waals surface area contributed by atoms with Crippen molar-refractivity contribution < 1.29 is 19.8 Å². The van der Waals surface area contributed by atoms with Gasteiger partial charge in [0.1, 0.15) is 17.1 Å². The molecule has 0 fully saturated rings. The lowest BCUT2D eigenvalue weighted by Crippen LogP contribution is -2.46. The van der Waals surface area contributed by atoms with Gasteiger partial charge in [0.05, 0.1) is 0 Å². The number of phenolic OH excluding ortho intramolecular Hbond substituents is 1. The zero-order valence-electron chi connectivity index (χ0n) is 15.5. The Balaban J connectivity index is 2.11. The van der Waals surface area contributed by atoms with Crippen molar-refractivity contribution in [3.05, 3.63) is 34.9 Å². The molecule has 0 saturated carbocycles. The Morgan fingerprint density at radius 3 is 2.60 bits per heavy atom. The van der Waals surface area contributed by atoms with Crippen LogP contribution in [-0.4, -0.2) is 21.8 Å². The average molecular weight is 345 g/mol. The summed E-state index contributed by atoms with van der Waals surface area (Å²) >= 11 is 0. The summed E-state index contributed by atoms with van der Waals surface area (Å²) in [5.74, 6) is 0.571. The number of rotatable bonds is 1. The van der Waals surface area contributed by atoms with Crippen molar-refractivity contribution in [2.24, 2.45) is 5.92 Å². The van der Waals surface area contributed by atoms with E-state index in [1.165, 1.54) is 0 Å². The Kier molecular flexibility index (Phi) is 4.11. The van der Waals surface area contributed by atoms with Crippen LogP contribution in [-0.2, 0) is 10.2 Å². The number of carbonyl (C=O) groups excluding carboxylic acids is 1. The van der Waals surface area contributed by atoms with Crippen LogP contribution >= 0.6 is 0 Å². The lowest BCUT2D eigenvalue weighted by atomic mass is 9.66. The molecule has 3 N–H and O–H groups in total. The van der Waals surface area contributed by atoms with Crippen LogP contribution in [0.2, 0.25) is 0 Å². The highest BCUT2D eigenvalue weighted by Crippen LogP contribution is 2.54. The van der Waals surface area contributed by atoms with E-state index in [1.807, 2.05) is 18.2 Å². The fourth-order valence-corrected chi connectivity index (χ4v) is 4.09. The van der Waals surface area contributed by atoms with Gasteiger partial charge in [0, 0.05) is 23.0 Å². The average Bonchev–Trinajstić information content (AvgIpc) is 2.51. The molecule has 1 heterocycles. The number of hydrogen-bond acceptors (Lipinski definition) is 4. The molecule has 1 aliphatic heterocycles. The largest absolute Gasteiger partial charge is 0.508 e. The fraction of sp³-hybridized carbons (Fsp3) is 0.550. The van der Waals surface area contributed by atoms with E-state index in [9.17, 15) is 9.90 Å². The summed E-state index contributed by atoms with van der Waals surface area (Å²) in [5, 5.41) is 19.7. The highest BCUT2D eigenvalue weighted by atomic mass is 16.5. The number of carbonyl (C=O) groups is 1. The van der Waals surface area contributed by atoms with Gasteiger partial charge in [0.15, 0.2) is 0 Å². The van der Waals surface area contributed by atoms with Crippen LogP contribution in [0.1, 0.15) is 64.5 Å². The molecular formula is C20H27NO4. The van der Waals surface area contributed by atoms with E-state index in [-0.39, 0.29) is 23.0 Å². The Morgan fingerprint density at radius 2 is 2.00 bits per heavy atom. The number of benzene rings is 1. The lowest BCUT2D eigenvalue weighted by Gasteiger charge is -2.47. The summed E-state index contributed by atoms with van der Waals surface area (Å²) in [6.07, 6.45) is 3.00. The first-order chi connectivity index (χ1) is 11.5. The van der Waals surface area contributed by atoms with E-state index in [0.29, 0.717) is 24.2 Å². The molecule has 0 spiro atoms. The summed E-state index contributed by atoms with van der Waals surface area (Å²) in [6, 6.07) is 3.82. The highest BCUT2D eigenvalue weighted by molar-refractivity contribution is 5.92. The number of ether oxygens (including phenoxy) is 1. The van der Waals surface area contributed by atoms with Gasteiger partial charge in [0.25, 0.3) is 5.91 Å². The van der Waals surface area contributed by atoms with Crippen molar-refractivity contribution >= 4 is 5.91 Å². The minimum Gasteiger partial charge on any atom is -0.508 e. The van der Waals surface area contributed by atoms with E-state index in [0.717, 1.165) is 11.1 Å². The van der Waals surface area contributed by atoms with Gasteiger partial charge in [-0.3, -0.25) is 10.0 Å². The first kappa shape index (κ1) is 17.8. The molecule has 0 saturated heterocycles. The second kappa shape index (κ2) is 5.77. The van der Waals surface area contributed by atoms with Crippen LogP contribution in [0, 0.1) is 5.92 Å². The molecule has 25 heavy (non-hydrogen) atoms. The second-order valence-corrected chi connectivity index (χ2v) is 8.69. The molecule has 0 unspecified atom stereocenters. The van der Waals surface area contributed by atoms with Crippen molar-refractivity contribution in [3.63, 3.8) is 0 Å². The number of phenols is 1. The molecule has 1 amide bonds. The van der Waals surface area contributed by atoms with Crippen LogP contribution in [0.15, 0.2) is 23.8 Å². The topological polar surface area (TPSA) is 78.8 Å². The van der Waals surface area contributed by atoms with E-state index in [4.69, 9.17) is 9.94 Å². The van der Waals surface area contributed by atoms with Crippen molar-refractivity contribution in [3.8, 4) is 11.5 Å². The number of hydrogen-bond donors (Lipinski definition) is 3. The summed E-state index contributed by atoms with van der Waals surface area (Å²) in [7, 11) is 0. The quantitative estimate of drug-likeness (QED) is 0.534. The second-order valence-electron chi connectivity index (χ2n) is 8.69. The molecule has 5 heteroatoms. The molecule has 2 aliphatic rings. The summed E-state index contributed by atoms with van der Waals surface area (Å²) in [6.45, 7) is 10.4. The Labute approximate surface area is 148 Å². The van der Waals surface area contributed by atoms with Crippen molar-refractivity contribution in [1.82, 2.24) is 5.48 Å². The van der Waals surface area contributed by atoms with Crippen LogP contribution < -0.4 is 10.2 Å². The van der Waals surface area contributed by atoms with Gasteiger partial charge in [-0.2, -0.15) is 0 Å². The molecular weight excluding hydrogens is 318 g/mol. The van der Waals surface area contributed by atoms with Crippen LogP contribution in [0.3, 0.4) is 0 Å². The van der Waals surface area contributed by atoms with Crippen molar-refractivity contribution in [2.75, 3.05) is 0 Å². The zero-order chi connectivity index (χ0) is 18.6. The third kappa shape index (κ3) is 3.01. The molecule has 0 radical (unpaired) electrons. The number of aromatic hydroxyl groups is 1. The number of nitrogens with one attached hydrogen (secondary N) is 1. The van der Waals surface area contributed by atoms with Gasteiger partial charge in [-0.15, -0.1) is 0 Å². The molecule has 3 rings (SSSR count). The number of amides is 1. The molecule has 0 aromatic heterocycles. The van der Waals surface area contributed by atoms with Crippen LogP contribution in [0.4, 0.5) is 0 Å². The first-order valence-corrected chi connectivity index (χ1v) is 8.74. The zero-order valence-corrected chi connectivity index (χ0v) is 15.5. The third-order valence-corrected chi connectivity index (χ3v) is 5.56. The standard InChI is InChI=1S/C20H27NO4/c1-19(2,3)12-9-15(22)17-13-8-11(18(23)21-24)6-7-14(13)20(4,5)25-16(17)10-12/h6,9-10,13-14,22,24H,7-8H2,1-5H3,(H,21,23)/t13-,14-/m1/s1. The minimum atomic E-state index is -0.477. The third-order valence-electron chi connectivity index (χ3n) is 5.56. The number of allylic oxidation sites excluding steroid dienone is 1. The van der Waals surface area contributed by atoms with Gasteiger partial charge in [-0.1, -0.05) is 26.8 Å². The van der Waals surface area contributed by atoms with Gasteiger partial charge < -0.3 is 9.84 Å². The van der Waals surface area contributed by atoms with Gasteiger partial charge in [0.2, 0.25) is 0 Å². The first-order valence-electron chi connectivity index (χ1n) is 8.74.